The maximum Gasteiger partial charge on any atom is 0.348 e. The van der Waals surface area contributed by atoms with Gasteiger partial charge in [0.25, 0.3) is 35.6 Å². The van der Waals surface area contributed by atoms with Crippen molar-refractivity contribution in [3.05, 3.63) is 177 Å². The molecule has 12 rings (SSSR count). The van der Waals surface area contributed by atoms with Gasteiger partial charge in [-0.2, -0.15) is 45.1 Å². The molecule has 13 N–H and O–H groups in total. The van der Waals surface area contributed by atoms with Crippen LogP contribution in [0.5, 0.6) is 17.2 Å². The predicted molar refractivity (Wildman–Crippen MR) is 415 cm³/mol. The molecule has 0 radical (unpaired) electrons. The molecule has 6 aromatic rings. The van der Waals surface area contributed by atoms with Gasteiger partial charge in [-0.1, -0.05) is 50.2 Å². The number of esters is 4. The topological polar surface area (TPSA) is 517 Å². The molecule has 0 spiro atoms. The van der Waals surface area contributed by atoms with Gasteiger partial charge in [-0.05, 0) is 77.4 Å². The molecule has 3 aromatic heterocycles. The number of phenolic OH excluding ortho intramolecular Hbond substituents is 3. The number of ether oxygens (including phenoxy) is 7. The minimum Gasteiger partial charge on any atom is -0.507 e. The molecule has 47 heteroatoms. The van der Waals surface area contributed by atoms with Crippen molar-refractivity contribution in [1.29, 1.82) is 0 Å². The van der Waals surface area contributed by atoms with Crippen molar-refractivity contribution in [3.63, 3.8) is 0 Å². The van der Waals surface area contributed by atoms with Crippen LogP contribution in [0.3, 0.4) is 0 Å². The summed E-state index contributed by atoms with van der Waals surface area (Å²) in [6.45, 7) is 9.01. The number of amides is 8. The summed E-state index contributed by atoms with van der Waals surface area (Å²) in [5, 5.41) is 80.3. The second kappa shape index (κ2) is 42.6. The fourth-order valence-electron chi connectivity index (χ4n) is 14.5. The number of halogens is 11. The Bertz CT molecular complexity index is 5100. The smallest absolute Gasteiger partial charge is 0.348 e. The maximum atomic E-state index is 14.8. The maximum absolute atomic E-state index is 14.8. The minimum absolute atomic E-state index is 0.0522. The number of aromatic nitrogens is 3. The molecule has 0 bridgehead atoms. The Morgan fingerprint density at radius 3 is 1.12 bits per heavy atom. The summed E-state index contributed by atoms with van der Waals surface area (Å²) < 4.78 is 193. The van der Waals surface area contributed by atoms with Crippen LogP contribution in [-0.2, 0) is 95.6 Å². The summed E-state index contributed by atoms with van der Waals surface area (Å²) in [5.74, 6) is -40.1. The molecule has 18 atom stereocenters. The van der Waals surface area contributed by atoms with E-state index in [1.54, 1.807) is 0 Å². The highest BCUT2D eigenvalue weighted by Gasteiger charge is 2.50. The summed E-state index contributed by atoms with van der Waals surface area (Å²) in [5.41, 5.74) is -3.76. The first-order valence-corrected chi connectivity index (χ1v) is 40.0. The Balaban J connectivity index is 0.000000203. The standard InChI is InChI=1S/C28H30F4N4O8.C28H30F3N3O9.C27H28F4N4O8/c1-11-22(38)16(8-15-18(29)19(30)24(32)35-23(15)31)33-26(40)20(34-25(39)14-6-4-5-7-17(14)37)12(2)44-28(42)21(13-9-43-10-13)36(3)27(11)41;1-11-22(36)17(8-16-12(2)32-24(31)20(30)19(16)29)33-26(38)21(34-25(37)15-6-4-5-7-18(15)35)13(3)42-28(40)23(43-27(11)39)14-9-41-10-14;1-10-21(37)15(7-14-17(28)18(29)23(31)35-22(14)30)32-26(40)19(33-25(39)13-5-3-4-6-16(13)36)11(2)43-27(41)20(34-24(10)38)12-8-42-9-12/h4-7,11-13,16,20-22,37-38H,8-10H2,1-3H3,(H,33,40)(H,34,39);4-7,11,13-14,17,21-23,35-36H,8-10H2,1-3H3,(H,33,38)(H,34,37);3-6,10-12,15,19-21,36-37H,7-9H2,1-2H3,(H,32,40)(H,33,39)(H,34,38)/t11-,12-,16+,20+,21?,22+;11-,13-,17+,21+,22+,23?;10-,11-,15+,19+,20?,21+/m111/s1. The molecule has 36 nitrogen and oxygen atoms in total. The first kappa shape index (κ1) is 99.3. The third-order valence-electron chi connectivity index (χ3n) is 22.6. The van der Waals surface area contributed by atoms with Gasteiger partial charge in [0, 0.05) is 54.1 Å². The van der Waals surface area contributed by atoms with Crippen molar-refractivity contribution in [1.82, 2.24) is 57.1 Å². The lowest BCUT2D eigenvalue weighted by Crippen LogP contribution is -2.62. The molecular weight excluding hydrogens is 1760 g/mol. The van der Waals surface area contributed by atoms with E-state index in [1.165, 1.54) is 128 Å². The van der Waals surface area contributed by atoms with E-state index in [-0.39, 0.29) is 62.0 Å². The van der Waals surface area contributed by atoms with Gasteiger partial charge in [-0.25, -0.2) is 32.5 Å². The molecule has 0 saturated carbocycles. The number of carbonyl (C=O) groups excluding carboxylic acids is 12. The zero-order chi connectivity index (χ0) is 95.6. The quantitative estimate of drug-likeness (QED) is 0.0301. The van der Waals surface area contributed by atoms with Crippen LogP contribution in [0, 0.1) is 107 Å². The molecule has 8 amide bonds. The van der Waals surface area contributed by atoms with Crippen LogP contribution in [0.2, 0.25) is 0 Å². The van der Waals surface area contributed by atoms with Crippen LogP contribution in [0.1, 0.15) is 95.0 Å². The van der Waals surface area contributed by atoms with Crippen LogP contribution < -0.4 is 37.2 Å². The zero-order valence-corrected chi connectivity index (χ0v) is 69.8. The number of phenols is 3. The average Bonchev–Trinajstić information content (AvgIpc) is 0.747. The van der Waals surface area contributed by atoms with Crippen molar-refractivity contribution >= 4 is 71.1 Å². The molecule has 130 heavy (non-hydrogen) atoms. The van der Waals surface area contributed by atoms with Crippen molar-refractivity contribution in [3.8, 4) is 17.2 Å². The summed E-state index contributed by atoms with van der Waals surface area (Å²) in [4.78, 5) is 169. The number of nitrogens with zero attached hydrogens (tertiary/aromatic N) is 4. The van der Waals surface area contributed by atoms with Crippen LogP contribution in [-0.4, -0.2) is 259 Å². The van der Waals surface area contributed by atoms with Crippen molar-refractivity contribution in [2.24, 2.45) is 35.5 Å². The molecule has 6 fully saturated rings. The average molecular weight is 1850 g/mol. The lowest BCUT2D eigenvalue weighted by Gasteiger charge is -2.41. The fourth-order valence-corrected chi connectivity index (χ4v) is 14.5. The number of aryl methyl sites for hydroxylation is 1. The van der Waals surface area contributed by atoms with Gasteiger partial charge in [0.05, 0.1) is 116 Å². The third-order valence-corrected chi connectivity index (χ3v) is 22.6. The number of aromatic hydroxyl groups is 3. The van der Waals surface area contributed by atoms with Crippen LogP contribution in [0.15, 0.2) is 72.8 Å². The molecule has 6 saturated heterocycles. The van der Waals surface area contributed by atoms with E-state index < -0.39 is 316 Å². The van der Waals surface area contributed by atoms with Crippen LogP contribution >= 0.6 is 0 Å². The SMILES string of the molecule is C[C@H]1OC(=O)C(C2COC2)N(C)C(=O)[C@H](C)[C@H](O)[C@H](Cc2c(F)nc(F)c(F)c2F)NC(=O)[C@H]1NC(=O)c1ccccc1O.C[C@H]1OC(=O)C(C2COC2)NC(=O)[C@H](C)[C@H](O)[C@H](Cc2c(F)nc(F)c(F)c2F)NC(=O)[C@H]1NC(=O)c1ccccc1O.Cc1nc(F)c(F)c(F)c1C[C@@H]1NC(=O)[C@@H](NC(=O)c2ccccc2O)[C@@H](C)OC(=O)C(C2COC2)OC(=O)[C@H](C)[C@@H]1O. The molecule has 3 unspecified atom stereocenters. The molecule has 702 valence electrons. The third kappa shape index (κ3) is 22.5. The number of hydrogen-bond acceptors (Lipinski definition) is 28. The number of nitrogens with one attached hydrogen (secondary N) is 7. The summed E-state index contributed by atoms with van der Waals surface area (Å²) >= 11 is 0. The molecule has 6 aliphatic rings. The summed E-state index contributed by atoms with van der Waals surface area (Å²) in [6, 6.07) is 3.39. The molecule has 9 heterocycles. The van der Waals surface area contributed by atoms with Gasteiger partial charge in [-0.15, -0.1) is 0 Å². The largest absolute Gasteiger partial charge is 0.507 e. The normalized spacial score (nSPS) is 27.1. The number of rotatable bonds is 15. The summed E-state index contributed by atoms with van der Waals surface area (Å²) in [7, 11) is 1.27. The van der Waals surface area contributed by atoms with Crippen molar-refractivity contribution in [2.45, 2.75) is 159 Å². The minimum atomic E-state index is -2.10. The lowest BCUT2D eigenvalue weighted by molar-refractivity contribution is -0.192. The lowest BCUT2D eigenvalue weighted by atomic mass is 9.89. The highest BCUT2D eigenvalue weighted by Crippen LogP contribution is 2.32. The molecule has 3 aromatic carbocycles. The Labute approximate surface area is 730 Å². The van der Waals surface area contributed by atoms with Gasteiger partial charge < -0.3 is 106 Å². The molecule has 0 aliphatic carbocycles. The van der Waals surface area contributed by atoms with E-state index in [0.29, 0.717) is 0 Å². The first-order valence-electron chi connectivity index (χ1n) is 40.0. The highest BCUT2D eigenvalue weighted by atomic mass is 19.2. The fraction of sp³-hybridized carbons (Fsp3) is 0.458. The van der Waals surface area contributed by atoms with Crippen molar-refractivity contribution < 1.29 is 170 Å². The number of hydrogen-bond donors (Lipinski definition) is 13. The monoisotopic (exact) mass is 1850 g/mol. The predicted octanol–water partition coefficient (Wildman–Crippen LogP) is 1.67. The van der Waals surface area contributed by atoms with E-state index in [2.05, 4.69) is 52.2 Å². The number of aliphatic hydroxyl groups is 3. The van der Waals surface area contributed by atoms with Crippen LogP contribution in [0.25, 0.3) is 0 Å². The van der Waals surface area contributed by atoms with Crippen LogP contribution in [0.4, 0.5) is 48.3 Å². The van der Waals surface area contributed by atoms with Crippen molar-refractivity contribution in [2.75, 3.05) is 46.7 Å². The number of para-hydroxylation sites is 3. The van der Waals surface area contributed by atoms with E-state index >= 15 is 0 Å². The van der Waals surface area contributed by atoms with E-state index in [1.807, 2.05) is 0 Å². The molecular formula is C83H88F11N11O25. The number of benzene rings is 3. The van der Waals surface area contributed by atoms with E-state index in [0.717, 1.165) is 4.90 Å². The number of aliphatic hydroxyl groups excluding tert-OH is 3. The van der Waals surface area contributed by atoms with Gasteiger partial charge in [0.15, 0.2) is 17.5 Å². The Kier molecular flexibility index (Phi) is 32.5. The Morgan fingerprint density at radius 1 is 0.400 bits per heavy atom. The van der Waals surface area contributed by atoms with E-state index in [9.17, 15) is 136 Å². The van der Waals surface area contributed by atoms with Gasteiger partial charge >= 0.3 is 23.9 Å². The van der Waals surface area contributed by atoms with Gasteiger partial charge in [0.2, 0.25) is 65.0 Å². The summed E-state index contributed by atoms with van der Waals surface area (Å²) in [6.07, 6.45) is -14.1. The van der Waals surface area contributed by atoms with Gasteiger partial charge in [-0.3, -0.25) is 43.2 Å². The number of cyclic esters (lactones) is 4. The molecule has 6 aliphatic heterocycles. The van der Waals surface area contributed by atoms with Gasteiger partial charge in [0.1, 0.15) is 65.8 Å². The zero-order valence-electron chi connectivity index (χ0n) is 69.8. The van der Waals surface area contributed by atoms with E-state index in [4.69, 9.17) is 33.2 Å². The Morgan fingerprint density at radius 2 is 0.738 bits per heavy atom. The number of likely N-dealkylation sites (N-methyl/N-ethyl adjacent to an activating group) is 1. The highest BCUT2D eigenvalue weighted by molar-refractivity contribution is 6.02. The second-order valence-corrected chi connectivity index (χ2v) is 31.5. The Hall–Kier alpha value is -12.9. The number of pyridine rings is 3. The second-order valence-electron chi connectivity index (χ2n) is 31.5. The first-order chi connectivity index (χ1) is 61.3. The number of carbonyl (C=O) groups is 12.